The normalized spacial score (nSPS) is 10.4. The van der Waals surface area contributed by atoms with E-state index in [2.05, 4.69) is 21.2 Å². The van der Waals surface area contributed by atoms with E-state index < -0.39 is 0 Å². The second kappa shape index (κ2) is 5.40. The fourth-order valence-corrected chi connectivity index (χ4v) is 1.98. The Morgan fingerprint density at radius 3 is 2.56 bits per heavy atom. The first-order chi connectivity index (χ1) is 8.56. The summed E-state index contributed by atoms with van der Waals surface area (Å²) in [4.78, 5) is 0. The number of nitrogens with one attached hydrogen (secondary N) is 1. The van der Waals surface area contributed by atoms with Gasteiger partial charge in [0.2, 0.25) is 0 Å². The Labute approximate surface area is 114 Å². The molecule has 0 bridgehead atoms. The van der Waals surface area contributed by atoms with Gasteiger partial charge in [-0.2, -0.15) is 0 Å². The Balaban J connectivity index is 2.10. The van der Waals surface area contributed by atoms with Gasteiger partial charge in [0.1, 0.15) is 5.82 Å². The van der Waals surface area contributed by atoms with Crippen molar-refractivity contribution in [1.82, 2.24) is 0 Å². The highest BCUT2D eigenvalue weighted by Crippen LogP contribution is 2.26. The molecule has 0 saturated heterocycles. The van der Waals surface area contributed by atoms with Crippen LogP contribution in [0.3, 0.4) is 0 Å². The summed E-state index contributed by atoms with van der Waals surface area (Å²) in [5.74, 6) is -0.324. The highest BCUT2D eigenvalue weighted by molar-refractivity contribution is 9.10. The summed E-state index contributed by atoms with van der Waals surface area (Å²) < 4.78 is 13.8. The van der Waals surface area contributed by atoms with Crippen LogP contribution >= 0.6 is 15.9 Å². The topological polar surface area (TPSA) is 38.0 Å². The number of benzene rings is 2. The zero-order chi connectivity index (χ0) is 13.1. The maximum atomic E-state index is 13.4. The van der Waals surface area contributed by atoms with Gasteiger partial charge in [0.05, 0.1) is 15.8 Å². The summed E-state index contributed by atoms with van der Waals surface area (Å²) >= 11 is 3.10. The first-order valence-electron chi connectivity index (χ1n) is 5.60. The van der Waals surface area contributed by atoms with Crippen molar-refractivity contribution in [2.45, 2.75) is 13.5 Å². The molecule has 0 aliphatic heterocycles. The minimum Gasteiger partial charge on any atom is -0.397 e. The Hall–Kier alpha value is -1.55. The van der Waals surface area contributed by atoms with Crippen LogP contribution in [0.5, 0.6) is 0 Å². The maximum absolute atomic E-state index is 13.4. The third kappa shape index (κ3) is 3.01. The molecular formula is C14H14BrFN2. The number of anilines is 2. The number of hydrogen-bond donors (Lipinski definition) is 2. The molecule has 2 rings (SSSR count). The lowest BCUT2D eigenvalue weighted by molar-refractivity contribution is 0.622. The molecule has 2 aromatic rings. The molecule has 0 atom stereocenters. The third-order valence-electron chi connectivity index (χ3n) is 2.70. The standard InChI is InChI=1S/C14H14BrFN2/c1-9-2-4-10(5-3-9)8-18-14-7-12(16)11(15)6-13(14)17/h2-7,18H,8,17H2,1H3. The van der Waals surface area contributed by atoms with E-state index in [4.69, 9.17) is 5.73 Å². The molecule has 0 aliphatic rings. The number of nitrogens with two attached hydrogens (primary N) is 1. The van der Waals surface area contributed by atoms with Crippen molar-refractivity contribution >= 4 is 27.3 Å². The zero-order valence-corrected chi connectivity index (χ0v) is 11.6. The Bertz CT molecular complexity index is 552. The molecule has 0 spiro atoms. The van der Waals surface area contributed by atoms with Crippen LogP contribution in [0.4, 0.5) is 15.8 Å². The lowest BCUT2D eigenvalue weighted by Gasteiger charge is -2.10. The molecule has 0 aromatic heterocycles. The van der Waals surface area contributed by atoms with Crippen molar-refractivity contribution in [3.05, 3.63) is 57.8 Å². The van der Waals surface area contributed by atoms with Gasteiger partial charge in [-0.25, -0.2) is 4.39 Å². The summed E-state index contributed by atoms with van der Waals surface area (Å²) in [6, 6.07) is 11.1. The number of halogens is 2. The Morgan fingerprint density at radius 1 is 1.22 bits per heavy atom. The fourth-order valence-electron chi connectivity index (χ4n) is 1.62. The largest absolute Gasteiger partial charge is 0.397 e. The number of nitrogen functional groups attached to an aromatic ring is 1. The van der Waals surface area contributed by atoms with Crippen molar-refractivity contribution < 1.29 is 4.39 Å². The SMILES string of the molecule is Cc1ccc(CNc2cc(F)c(Br)cc2N)cc1. The van der Waals surface area contributed by atoms with Gasteiger partial charge in [-0.3, -0.25) is 0 Å². The second-order valence-electron chi connectivity index (χ2n) is 4.19. The van der Waals surface area contributed by atoms with Crippen LogP contribution < -0.4 is 11.1 Å². The molecule has 0 aliphatic carbocycles. The predicted molar refractivity (Wildman–Crippen MR) is 77.0 cm³/mol. The van der Waals surface area contributed by atoms with Crippen molar-refractivity contribution in [3.63, 3.8) is 0 Å². The van der Waals surface area contributed by atoms with Crippen molar-refractivity contribution in [3.8, 4) is 0 Å². The first kappa shape index (κ1) is 12.9. The average Bonchev–Trinajstić information content (AvgIpc) is 2.34. The molecule has 3 N–H and O–H groups in total. The summed E-state index contributed by atoms with van der Waals surface area (Å²) in [5.41, 5.74) is 9.29. The number of aryl methyl sites for hydroxylation is 1. The fraction of sp³-hybridized carbons (Fsp3) is 0.143. The van der Waals surface area contributed by atoms with Gasteiger partial charge in [0.25, 0.3) is 0 Å². The molecule has 94 valence electrons. The van der Waals surface area contributed by atoms with Crippen molar-refractivity contribution in [2.24, 2.45) is 0 Å². The van der Waals surface area contributed by atoms with E-state index in [-0.39, 0.29) is 5.82 Å². The first-order valence-corrected chi connectivity index (χ1v) is 6.39. The molecule has 0 radical (unpaired) electrons. The van der Waals surface area contributed by atoms with Gasteiger partial charge in [-0.15, -0.1) is 0 Å². The lowest BCUT2D eigenvalue weighted by Crippen LogP contribution is -2.03. The maximum Gasteiger partial charge on any atom is 0.139 e. The second-order valence-corrected chi connectivity index (χ2v) is 5.05. The summed E-state index contributed by atoms with van der Waals surface area (Å²) in [7, 11) is 0. The average molecular weight is 309 g/mol. The molecule has 0 fully saturated rings. The number of rotatable bonds is 3. The molecule has 0 amide bonds. The van der Waals surface area contributed by atoms with Gasteiger partial charge in [-0.05, 0) is 34.5 Å². The summed E-state index contributed by atoms with van der Waals surface area (Å²) in [5, 5.41) is 3.13. The van der Waals surface area contributed by atoms with Crippen molar-refractivity contribution in [1.29, 1.82) is 0 Å². The van der Waals surface area contributed by atoms with Gasteiger partial charge >= 0.3 is 0 Å². The molecule has 4 heteroatoms. The Morgan fingerprint density at radius 2 is 1.89 bits per heavy atom. The van der Waals surface area contributed by atoms with E-state index >= 15 is 0 Å². The van der Waals surface area contributed by atoms with E-state index in [0.717, 1.165) is 5.56 Å². The molecule has 0 saturated carbocycles. The van der Waals surface area contributed by atoms with Gasteiger partial charge in [0.15, 0.2) is 0 Å². The molecular weight excluding hydrogens is 295 g/mol. The Kier molecular flexibility index (Phi) is 3.87. The predicted octanol–water partition coefficient (Wildman–Crippen LogP) is 4.09. The van der Waals surface area contributed by atoms with Crippen LogP contribution in [0.1, 0.15) is 11.1 Å². The van der Waals surface area contributed by atoms with Gasteiger partial charge < -0.3 is 11.1 Å². The van der Waals surface area contributed by atoms with Crippen LogP contribution in [-0.2, 0) is 6.54 Å². The van der Waals surface area contributed by atoms with Crippen LogP contribution in [0.15, 0.2) is 40.9 Å². The van der Waals surface area contributed by atoms with Crippen LogP contribution in [0.2, 0.25) is 0 Å². The molecule has 18 heavy (non-hydrogen) atoms. The molecule has 2 aromatic carbocycles. The van der Waals surface area contributed by atoms with E-state index in [1.807, 2.05) is 31.2 Å². The van der Waals surface area contributed by atoms with Gasteiger partial charge in [0, 0.05) is 12.6 Å². The lowest BCUT2D eigenvalue weighted by atomic mass is 10.1. The minimum absolute atomic E-state index is 0.324. The molecule has 0 unspecified atom stereocenters. The highest BCUT2D eigenvalue weighted by atomic mass is 79.9. The van der Waals surface area contributed by atoms with Gasteiger partial charge in [-0.1, -0.05) is 29.8 Å². The van der Waals surface area contributed by atoms with E-state index in [0.29, 0.717) is 22.4 Å². The van der Waals surface area contributed by atoms with E-state index in [9.17, 15) is 4.39 Å². The minimum atomic E-state index is -0.324. The highest BCUT2D eigenvalue weighted by Gasteiger charge is 2.05. The van der Waals surface area contributed by atoms with Crippen LogP contribution in [-0.4, -0.2) is 0 Å². The molecule has 0 heterocycles. The summed E-state index contributed by atoms with van der Waals surface area (Å²) in [6.07, 6.45) is 0. The quantitative estimate of drug-likeness (QED) is 0.838. The zero-order valence-electron chi connectivity index (χ0n) is 10.0. The van der Waals surface area contributed by atoms with E-state index in [1.165, 1.54) is 11.6 Å². The smallest absolute Gasteiger partial charge is 0.139 e. The van der Waals surface area contributed by atoms with Crippen LogP contribution in [0.25, 0.3) is 0 Å². The molecule has 2 nitrogen and oxygen atoms in total. The third-order valence-corrected chi connectivity index (χ3v) is 3.30. The van der Waals surface area contributed by atoms with Crippen molar-refractivity contribution in [2.75, 3.05) is 11.1 Å². The number of hydrogen-bond acceptors (Lipinski definition) is 2. The summed E-state index contributed by atoms with van der Waals surface area (Å²) in [6.45, 7) is 2.66. The monoisotopic (exact) mass is 308 g/mol. The van der Waals surface area contributed by atoms with E-state index in [1.54, 1.807) is 6.07 Å². The van der Waals surface area contributed by atoms with Crippen LogP contribution in [0, 0.1) is 12.7 Å².